The van der Waals surface area contributed by atoms with Gasteiger partial charge >= 0.3 is 0 Å². The van der Waals surface area contributed by atoms with E-state index in [1.54, 1.807) is 24.3 Å². The van der Waals surface area contributed by atoms with Crippen molar-refractivity contribution in [2.75, 3.05) is 0 Å². The largest absolute Gasteiger partial charge is 0.352 e. The van der Waals surface area contributed by atoms with Crippen LogP contribution in [0.4, 0.5) is 8.78 Å². The van der Waals surface area contributed by atoms with Crippen LogP contribution in [-0.4, -0.2) is 5.11 Å². The molecule has 0 bridgehead atoms. The number of thiocarbonyl (C=S) groups is 1. The third kappa shape index (κ3) is 3.40. The topological polar surface area (TPSA) is 24.1 Å². The van der Waals surface area contributed by atoms with Gasteiger partial charge in [-0.1, -0.05) is 24.3 Å². The summed E-state index contributed by atoms with van der Waals surface area (Å²) in [6.07, 6.45) is 4.99. The minimum absolute atomic E-state index is 0.0590. The van der Waals surface area contributed by atoms with Gasteiger partial charge in [0.05, 0.1) is 6.04 Å². The van der Waals surface area contributed by atoms with Crippen LogP contribution >= 0.6 is 12.2 Å². The van der Waals surface area contributed by atoms with Crippen molar-refractivity contribution < 1.29 is 8.78 Å². The van der Waals surface area contributed by atoms with Gasteiger partial charge in [0.25, 0.3) is 0 Å². The van der Waals surface area contributed by atoms with E-state index in [0.29, 0.717) is 5.11 Å². The molecule has 5 heteroatoms. The first-order chi connectivity index (χ1) is 12.6. The van der Waals surface area contributed by atoms with Crippen molar-refractivity contribution in [1.82, 2.24) is 10.6 Å². The SMILES string of the molecule is Fc1ccc(C=C2CCCC3=C2NC(=S)NC3c2ccc(F)cc2)cc1. The molecule has 26 heavy (non-hydrogen) atoms. The highest BCUT2D eigenvalue weighted by Crippen LogP contribution is 2.38. The molecule has 0 saturated heterocycles. The van der Waals surface area contributed by atoms with Gasteiger partial charge in [-0.25, -0.2) is 8.78 Å². The van der Waals surface area contributed by atoms with E-state index in [1.807, 2.05) is 0 Å². The summed E-state index contributed by atoms with van der Waals surface area (Å²) in [7, 11) is 0. The Bertz CT molecular complexity index is 899. The molecule has 4 rings (SSSR count). The molecule has 0 fully saturated rings. The lowest BCUT2D eigenvalue weighted by Crippen LogP contribution is -2.45. The first-order valence-electron chi connectivity index (χ1n) is 8.63. The number of nitrogens with one attached hydrogen (secondary N) is 2. The summed E-state index contributed by atoms with van der Waals surface area (Å²) in [6, 6.07) is 12.9. The van der Waals surface area contributed by atoms with Gasteiger partial charge in [-0.2, -0.15) is 0 Å². The Hall–Kier alpha value is -2.53. The van der Waals surface area contributed by atoms with Crippen LogP contribution in [-0.2, 0) is 0 Å². The van der Waals surface area contributed by atoms with E-state index >= 15 is 0 Å². The molecule has 0 saturated carbocycles. The van der Waals surface area contributed by atoms with E-state index in [-0.39, 0.29) is 17.7 Å². The molecule has 1 atom stereocenters. The summed E-state index contributed by atoms with van der Waals surface area (Å²) in [5.41, 5.74) is 5.38. The van der Waals surface area contributed by atoms with Crippen molar-refractivity contribution in [1.29, 1.82) is 0 Å². The molecular formula is C21H18F2N2S. The zero-order chi connectivity index (χ0) is 18.1. The zero-order valence-electron chi connectivity index (χ0n) is 14.1. The highest BCUT2D eigenvalue weighted by atomic mass is 32.1. The normalized spacial score (nSPS) is 21.2. The maximum Gasteiger partial charge on any atom is 0.171 e. The summed E-state index contributed by atoms with van der Waals surface area (Å²) in [5.74, 6) is -0.492. The quantitative estimate of drug-likeness (QED) is 0.729. The van der Waals surface area contributed by atoms with Gasteiger partial charge in [0.1, 0.15) is 11.6 Å². The number of hydrogen-bond acceptors (Lipinski definition) is 1. The lowest BCUT2D eigenvalue weighted by molar-refractivity contribution is 0.602. The van der Waals surface area contributed by atoms with Crippen molar-refractivity contribution in [3.63, 3.8) is 0 Å². The first kappa shape index (κ1) is 16.9. The molecule has 2 aliphatic rings. The molecule has 0 aromatic heterocycles. The minimum atomic E-state index is -0.250. The van der Waals surface area contributed by atoms with Crippen LogP contribution in [0, 0.1) is 11.6 Å². The van der Waals surface area contributed by atoms with E-state index in [0.717, 1.165) is 41.7 Å². The van der Waals surface area contributed by atoms with Crippen molar-refractivity contribution in [3.8, 4) is 0 Å². The van der Waals surface area contributed by atoms with Crippen LogP contribution in [0.15, 0.2) is 65.4 Å². The Kier molecular flexibility index (Phi) is 4.55. The van der Waals surface area contributed by atoms with Gasteiger partial charge in [0.2, 0.25) is 0 Å². The maximum atomic E-state index is 13.3. The van der Waals surface area contributed by atoms with Crippen LogP contribution in [0.1, 0.15) is 36.4 Å². The van der Waals surface area contributed by atoms with E-state index in [9.17, 15) is 8.78 Å². The Morgan fingerprint density at radius 3 is 2.27 bits per heavy atom. The molecule has 0 radical (unpaired) electrons. The Morgan fingerprint density at radius 1 is 0.923 bits per heavy atom. The third-order valence-electron chi connectivity index (χ3n) is 4.81. The average Bonchev–Trinajstić information content (AvgIpc) is 2.64. The van der Waals surface area contributed by atoms with Crippen LogP contribution in [0.5, 0.6) is 0 Å². The lowest BCUT2D eigenvalue weighted by Gasteiger charge is -2.36. The Balaban J connectivity index is 1.75. The predicted molar refractivity (Wildman–Crippen MR) is 103 cm³/mol. The van der Waals surface area contributed by atoms with Gasteiger partial charge in [-0.3, -0.25) is 0 Å². The predicted octanol–water partition coefficient (Wildman–Crippen LogP) is 5.01. The maximum absolute atomic E-state index is 13.3. The molecule has 1 heterocycles. The molecule has 0 amide bonds. The van der Waals surface area contributed by atoms with Crippen molar-refractivity contribution in [2.45, 2.75) is 25.3 Å². The average molecular weight is 368 g/mol. The summed E-state index contributed by atoms with van der Waals surface area (Å²) in [4.78, 5) is 0. The second-order valence-corrected chi connectivity index (χ2v) is 6.97. The minimum Gasteiger partial charge on any atom is -0.352 e. The highest BCUT2D eigenvalue weighted by Gasteiger charge is 2.30. The highest BCUT2D eigenvalue weighted by molar-refractivity contribution is 7.80. The summed E-state index contributed by atoms with van der Waals surface area (Å²) in [5, 5.41) is 7.16. The van der Waals surface area contributed by atoms with E-state index < -0.39 is 0 Å². The first-order valence-corrected chi connectivity index (χ1v) is 9.03. The molecule has 1 aliphatic heterocycles. The number of benzene rings is 2. The van der Waals surface area contributed by atoms with Crippen molar-refractivity contribution >= 4 is 23.4 Å². The number of rotatable bonds is 2. The van der Waals surface area contributed by atoms with E-state index in [2.05, 4.69) is 16.7 Å². The molecule has 0 spiro atoms. The van der Waals surface area contributed by atoms with Crippen LogP contribution < -0.4 is 10.6 Å². The molecule has 2 aromatic carbocycles. The zero-order valence-corrected chi connectivity index (χ0v) is 14.9. The molecule has 1 unspecified atom stereocenters. The van der Waals surface area contributed by atoms with E-state index in [4.69, 9.17) is 12.2 Å². The van der Waals surface area contributed by atoms with Gasteiger partial charge in [0.15, 0.2) is 5.11 Å². The fourth-order valence-electron chi connectivity index (χ4n) is 3.59. The molecular weight excluding hydrogens is 350 g/mol. The summed E-state index contributed by atoms with van der Waals surface area (Å²) in [6.45, 7) is 0. The van der Waals surface area contributed by atoms with Crippen LogP contribution in [0.25, 0.3) is 6.08 Å². The standard InChI is InChI=1S/C21H18F2N2S/c22-16-8-4-13(5-9-16)12-15-2-1-3-18-19(24-21(26)25-20(15)18)14-6-10-17(23)11-7-14/h4-12,19H,1-3H2,(H2,24,25,26). The Morgan fingerprint density at radius 2 is 1.58 bits per heavy atom. The molecule has 2 N–H and O–H groups in total. The lowest BCUT2D eigenvalue weighted by atomic mass is 9.83. The van der Waals surface area contributed by atoms with Crippen LogP contribution in [0.3, 0.4) is 0 Å². The van der Waals surface area contributed by atoms with Crippen molar-refractivity contribution in [3.05, 3.63) is 88.1 Å². The fraction of sp³-hybridized carbons (Fsp3) is 0.190. The van der Waals surface area contributed by atoms with E-state index in [1.165, 1.54) is 29.8 Å². The van der Waals surface area contributed by atoms with Gasteiger partial charge in [-0.05, 0) is 84.1 Å². The summed E-state index contributed by atoms with van der Waals surface area (Å²) < 4.78 is 26.4. The smallest absolute Gasteiger partial charge is 0.171 e. The second kappa shape index (κ2) is 7.00. The number of hydrogen-bond donors (Lipinski definition) is 2. The fourth-order valence-corrected chi connectivity index (χ4v) is 3.81. The Labute approximate surface area is 156 Å². The van der Waals surface area contributed by atoms with Gasteiger partial charge < -0.3 is 10.6 Å². The molecule has 1 aliphatic carbocycles. The molecule has 132 valence electrons. The third-order valence-corrected chi connectivity index (χ3v) is 5.03. The summed E-state index contributed by atoms with van der Waals surface area (Å²) >= 11 is 5.40. The molecule has 2 aromatic rings. The van der Waals surface area contributed by atoms with Gasteiger partial charge in [-0.15, -0.1) is 0 Å². The number of halogens is 2. The molecule has 2 nitrogen and oxygen atoms in total. The second-order valence-electron chi connectivity index (χ2n) is 6.56. The van der Waals surface area contributed by atoms with Crippen molar-refractivity contribution in [2.24, 2.45) is 0 Å². The van der Waals surface area contributed by atoms with Gasteiger partial charge in [0, 0.05) is 5.70 Å². The monoisotopic (exact) mass is 368 g/mol. The number of allylic oxidation sites excluding steroid dienone is 1. The van der Waals surface area contributed by atoms with Crippen LogP contribution in [0.2, 0.25) is 0 Å².